The summed E-state index contributed by atoms with van der Waals surface area (Å²) in [6.07, 6.45) is 0. The molecule has 0 atom stereocenters. The van der Waals surface area contributed by atoms with Gasteiger partial charge >= 0.3 is 0 Å². The molecule has 0 saturated heterocycles. The highest BCUT2D eigenvalue weighted by molar-refractivity contribution is 5.71. The van der Waals surface area contributed by atoms with Gasteiger partial charge in [-0.25, -0.2) is 0 Å². The Labute approximate surface area is 86.9 Å². The van der Waals surface area contributed by atoms with Crippen molar-refractivity contribution in [2.75, 3.05) is 0 Å². The van der Waals surface area contributed by atoms with E-state index in [0.29, 0.717) is 11.1 Å². The van der Waals surface area contributed by atoms with Crippen LogP contribution in [0.15, 0.2) is 36.4 Å². The molecule has 2 aromatic rings. The monoisotopic (exact) mass is 201 g/mol. The maximum Gasteiger partial charge on any atom is 0.124 e. The summed E-state index contributed by atoms with van der Waals surface area (Å²) < 4.78 is 0. The molecule has 3 nitrogen and oxygen atoms in total. The van der Waals surface area contributed by atoms with E-state index in [1.807, 2.05) is 0 Å². The normalized spacial score (nSPS) is 10.1. The van der Waals surface area contributed by atoms with Crippen molar-refractivity contribution >= 4 is 0 Å². The van der Waals surface area contributed by atoms with Crippen LogP contribution < -0.4 is 0 Å². The lowest BCUT2D eigenvalue weighted by molar-refractivity contribution is 0.461. The standard InChI is InChI=1S/C12H9O3/c13-9-3-1-2-8(6-9)11-7-10(14)4-5-12(11)15/h1-5,7,13-15H. The van der Waals surface area contributed by atoms with Gasteiger partial charge in [0, 0.05) is 11.6 Å². The second-order valence-corrected chi connectivity index (χ2v) is 3.15. The maximum absolute atomic E-state index is 9.57. The molecule has 3 N–H and O–H groups in total. The minimum absolute atomic E-state index is 0.00440. The Hall–Kier alpha value is -2.16. The van der Waals surface area contributed by atoms with Crippen LogP contribution in [0.2, 0.25) is 0 Å². The third-order valence-corrected chi connectivity index (χ3v) is 2.05. The van der Waals surface area contributed by atoms with Crippen molar-refractivity contribution in [3.05, 3.63) is 42.5 Å². The number of rotatable bonds is 1. The average Bonchev–Trinajstić information content (AvgIpc) is 2.22. The Morgan fingerprint density at radius 2 is 1.73 bits per heavy atom. The number of phenolic OH excluding ortho intramolecular Hbond substituents is 3. The van der Waals surface area contributed by atoms with E-state index in [1.54, 1.807) is 12.1 Å². The van der Waals surface area contributed by atoms with Crippen molar-refractivity contribution in [3.8, 4) is 28.4 Å². The molecule has 0 aromatic heterocycles. The third kappa shape index (κ3) is 1.86. The predicted molar refractivity (Wildman–Crippen MR) is 55.7 cm³/mol. The van der Waals surface area contributed by atoms with E-state index in [1.165, 1.54) is 24.3 Å². The van der Waals surface area contributed by atoms with E-state index in [-0.39, 0.29) is 17.2 Å². The van der Waals surface area contributed by atoms with E-state index in [4.69, 9.17) is 0 Å². The van der Waals surface area contributed by atoms with Crippen molar-refractivity contribution in [1.29, 1.82) is 0 Å². The molecule has 0 fully saturated rings. The SMILES string of the molecule is Oc1[c]c(-c2cc(O)ccc2O)ccc1. The first-order valence-electron chi connectivity index (χ1n) is 4.40. The van der Waals surface area contributed by atoms with Gasteiger partial charge in [-0.3, -0.25) is 0 Å². The lowest BCUT2D eigenvalue weighted by atomic mass is 10.0. The number of hydrogen-bond donors (Lipinski definition) is 3. The number of benzene rings is 2. The minimum Gasteiger partial charge on any atom is -0.508 e. The maximum atomic E-state index is 9.57. The molecule has 0 aliphatic heterocycles. The van der Waals surface area contributed by atoms with Crippen LogP contribution in [0.5, 0.6) is 17.2 Å². The molecule has 2 rings (SSSR count). The molecule has 75 valence electrons. The second-order valence-electron chi connectivity index (χ2n) is 3.15. The summed E-state index contributed by atoms with van der Waals surface area (Å²) >= 11 is 0. The zero-order valence-electron chi connectivity index (χ0n) is 7.81. The predicted octanol–water partition coefficient (Wildman–Crippen LogP) is 2.27. The zero-order chi connectivity index (χ0) is 10.8. The Balaban J connectivity index is 2.58. The quantitative estimate of drug-likeness (QED) is 0.620. The summed E-state index contributed by atoms with van der Waals surface area (Å²) in [4.78, 5) is 0. The van der Waals surface area contributed by atoms with Gasteiger partial charge in [-0.1, -0.05) is 12.1 Å². The summed E-state index contributed by atoms with van der Waals surface area (Å²) in [7, 11) is 0. The first-order valence-corrected chi connectivity index (χ1v) is 4.40. The number of hydrogen-bond acceptors (Lipinski definition) is 3. The molecule has 1 radical (unpaired) electrons. The van der Waals surface area contributed by atoms with Gasteiger partial charge in [-0.15, -0.1) is 0 Å². The molecule has 15 heavy (non-hydrogen) atoms. The highest BCUT2D eigenvalue weighted by atomic mass is 16.3. The molecule has 0 amide bonds. The van der Waals surface area contributed by atoms with Gasteiger partial charge in [0.2, 0.25) is 0 Å². The Morgan fingerprint density at radius 3 is 2.47 bits per heavy atom. The van der Waals surface area contributed by atoms with Gasteiger partial charge in [0.15, 0.2) is 0 Å². The largest absolute Gasteiger partial charge is 0.508 e. The molecule has 3 heteroatoms. The van der Waals surface area contributed by atoms with Crippen LogP contribution in [0.1, 0.15) is 0 Å². The van der Waals surface area contributed by atoms with Crippen LogP contribution >= 0.6 is 0 Å². The van der Waals surface area contributed by atoms with Gasteiger partial charge in [0.05, 0.1) is 0 Å². The van der Waals surface area contributed by atoms with Crippen molar-refractivity contribution in [2.24, 2.45) is 0 Å². The Bertz CT molecular complexity index is 492. The fraction of sp³-hybridized carbons (Fsp3) is 0. The van der Waals surface area contributed by atoms with E-state index < -0.39 is 0 Å². The van der Waals surface area contributed by atoms with Crippen LogP contribution in [0.3, 0.4) is 0 Å². The average molecular weight is 201 g/mol. The molecule has 0 spiro atoms. The Kier molecular flexibility index (Phi) is 2.21. The lowest BCUT2D eigenvalue weighted by Gasteiger charge is -2.05. The molecular formula is C12H9O3. The molecule has 0 bridgehead atoms. The first-order chi connectivity index (χ1) is 7.16. The smallest absolute Gasteiger partial charge is 0.124 e. The van der Waals surface area contributed by atoms with E-state index in [9.17, 15) is 15.3 Å². The van der Waals surface area contributed by atoms with Crippen LogP contribution in [-0.4, -0.2) is 15.3 Å². The summed E-state index contributed by atoms with van der Waals surface area (Å²) in [5.41, 5.74) is 0.967. The molecule has 0 unspecified atom stereocenters. The van der Waals surface area contributed by atoms with Crippen LogP contribution in [0.4, 0.5) is 0 Å². The van der Waals surface area contributed by atoms with Gasteiger partial charge in [0.1, 0.15) is 17.2 Å². The van der Waals surface area contributed by atoms with Gasteiger partial charge in [-0.05, 0) is 29.8 Å². The highest BCUT2D eigenvalue weighted by Gasteiger charge is 2.06. The highest BCUT2D eigenvalue weighted by Crippen LogP contribution is 2.32. The summed E-state index contributed by atoms with van der Waals surface area (Å²) in [6.45, 7) is 0. The third-order valence-electron chi connectivity index (χ3n) is 2.05. The zero-order valence-corrected chi connectivity index (χ0v) is 7.81. The van der Waals surface area contributed by atoms with Crippen LogP contribution in [0, 0.1) is 6.07 Å². The molecule has 0 heterocycles. The topological polar surface area (TPSA) is 60.7 Å². The molecule has 0 aliphatic carbocycles. The van der Waals surface area contributed by atoms with Crippen molar-refractivity contribution in [3.63, 3.8) is 0 Å². The Morgan fingerprint density at radius 1 is 0.933 bits per heavy atom. The van der Waals surface area contributed by atoms with Gasteiger partial charge in [-0.2, -0.15) is 0 Å². The molecule has 2 aromatic carbocycles. The molecular weight excluding hydrogens is 192 g/mol. The van der Waals surface area contributed by atoms with Crippen molar-refractivity contribution in [1.82, 2.24) is 0 Å². The summed E-state index contributed by atoms with van der Waals surface area (Å²) in [5, 5.41) is 28.1. The lowest BCUT2D eigenvalue weighted by Crippen LogP contribution is -1.79. The van der Waals surface area contributed by atoms with Gasteiger partial charge < -0.3 is 15.3 Å². The molecule has 0 saturated carbocycles. The second kappa shape index (κ2) is 3.53. The van der Waals surface area contributed by atoms with Gasteiger partial charge in [0.25, 0.3) is 0 Å². The van der Waals surface area contributed by atoms with E-state index in [2.05, 4.69) is 6.07 Å². The van der Waals surface area contributed by atoms with Crippen molar-refractivity contribution < 1.29 is 15.3 Å². The van der Waals surface area contributed by atoms with E-state index >= 15 is 0 Å². The summed E-state index contributed by atoms with van der Waals surface area (Å²) in [6, 6.07) is 11.7. The molecule has 0 aliphatic rings. The minimum atomic E-state index is -0.00440. The van der Waals surface area contributed by atoms with Crippen molar-refractivity contribution in [2.45, 2.75) is 0 Å². The first kappa shape index (κ1) is 9.40. The summed E-state index contributed by atoms with van der Waals surface area (Å²) in [5.74, 6) is 0.0874. The fourth-order valence-electron chi connectivity index (χ4n) is 1.35. The van der Waals surface area contributed by atoms with E-state index in [0.717, 1.165) is 0 Å². The fourth-order valence-corrected chi connectivity index (χ4v) is 1.35. The van der Waals surface area contributed by atoms with Crippen LogP contribution in [-0.2, 0) is 0 Å². The number of aromatic hydroxyl groups is 3. The van der Waals surface area contributed by atoms with Crippen LogP contribution in [0.25, 0.3) is 11.1 Å². The number of phenols is 3.